The van der Waals surface area contributed by atoms with E-state index in [1.807, 2.05) is 0 Å². The number of benzene rings is 2. The van der Waals surface area contributed by atoms with Gasteiger partial charge in [-0.05, 0) is 110 Å². The molecule has 0 aliphatic heterocycles. The number of ether oxygens (including phenoxy) is 2. The van der Waals surface area contributed by atoms with Crippen molar-refractivity contribution in [3.63, 3.8) is 0 Å². The van der Waals surface area contributed by atoms with Crippen LogP contribution in [-0.2, 0) is 22.3 Å². The van der Waals surface area contributed by atoms with Crippen LogP contribution < -0.4 is 0 Å². The highest BCUT2D eigenvalue weighted by molar-refractivity contribution is 5.68. The van der Waals surface area contributed by atoms with Crippen molar-refractivity contribution in [3.05, 3.63) is 59.2 Å². The molecule has 3 nitrogen and oxygen atoms in total. The zero-order valence-electron chi connectivity index (χ0n) is 23.1. The van der Waals surface area contributed by atoms with Crippen LogP contribution in [0.4, 0.5) is 0 Å². The monoisotopic (exact) mass is 494 g/mol. The van der Waals surface area contributed by atoms with Crippen molar-refractivity contribution in [2.24, 2.45) is 11.8 Å². The maximum atomic E-state index is 8.93. The lowest BCUT2D eigenvalue weighted by Gasteiger charge is -2.31. The molecule has 0 radical (unpaired) electrons. The fraction of sp³-hybridized carbons (Fsp3) is 0.636. The highest BCUT2D eigenvalue weighted by atomic mass is 16.5. The number of hydrogen-bond donors (Lipinski definition) is 1. The van der Waals surface area contributed by atoms with E-state index in [0.29, 0.717) is 18.4 Å². The Kier molecular flexibility index (Phi) is 13.0. The normalized spacial score (nSPS) is 18.9. The maximum absolute atomic E-state index is 8.93. The van der Waals surface area contributed by atoms with Gasteiger partial charge in [0, 0.05) is 33.5 Å². The van der Waals surface area contributed by atoms with Crippen molar-refractivity contribution >= 4 is 0 Å². The van der Waals surface area contributed by atoms with Gasteiger partial charge in [0.25, 0.3) is 0 Å². The first-order chi connectivity index (χ1) is 17.7. The molecule has 1 atom stereocenters. The van der Waals surface area contributed by atoms with E-state index in [1.165, 1.54) is 60.8 Å². The highest BCUT2D eigenvalue weighted by Crippen LogP contribution is 2.40. The molecule has 1 aliphatic carbocycles. The van der Waals surface area contributed by atoms with Gasteiger partial charge < -0.3 is 14.6 Å². The summed E-state index contributed by atoms with van der Waals surface area (Å²) < 4.78 is 11.1. The van der Waals surface area contributed by atoms with E-state index < -0.39 is 0 Å². The topological polar surface area (TPSA) is 38.7 Å². The number of methoxy groups -OCH3 is 1. The molecule has 3 heteroatoms. The molecule has 0 bridgehead atoms. The lowest BCUT2D eigenvalue weighted by molar-refractivity contribution is 0.0909. The Balaban J connectivity index is 1.54. The minimum Gasteiger partial charge on any atom is -0.396 e. The first-order valence-corrected chi connectivity index (χ1v) is 14.6. The van der Waals surface area contributed by atoms with Crippen LogP contribution in [-0.4, -0.2) is 38.6 Å². The molecule has 1 N–H and O–H groups in total. The molecule has 200 valence electrons. The van der Waals surface area contributed by atoms with Gasteiger partial charge in [-0.15, -0.1) is 0 Å². The Labute approximate surface area is 220 Å². The second-order valence-corrected chi connectivity index (χ2v) is 10.8. The van der Waals surface area contributed by atoms with Gasteiger partial charge in [-0.25, -0.2) is 0 Å². The lowest BCUT2D eigenvalue weighted by Crippen LogP contribution is -2.19. The van der Waals surface area contributed by atoms with E-state index in [-0.39, 0.29) is 6.61 Å². The van der Waals surface area contributed by atoms with Gasteiger partial charge in [0.2, 0.25) is 0 Å². The molecule has 0 spiro atoms. The third kappa shape index (κ3) is 9.01. The quantitative estimate of drug-likeness (QED) is 0.240. The van der Waals surface area contributed by atoms with Gasteiger partial charge in [0.1, 0.15) is 0 Å². The van der Waals surface area contributed by atoms with Crippen LogP contribution >= 0.6 is 0 Å². The molecule has 0 heterocycles. The Morgan fingerprint density at radius 3 is 2.33 bits per heavy atom. The van der Waals surface area contributed by atoms with Crippen LogP contribution in [0.1, 0.15) is 94.2 Å². The third-order valence-electron chi connectivity index (χ3n) is 8.15. The van der Waals surface area contributed by atoms with Crippen molar-refractivity contribution in [3.8, 4) is 11.1 Å². The van der Waals surface area contributed by atoms with Crippen LogP contribution in [0.25, 0.3) is 11.1 Å². The fourth-order valence-corrected chi connectivity index (χ4v) is 5.97. The van der Waals surface area contributed by atoms with Crippen LogP contribution in [0.2, 0.25) is 0 Å². The molecule has 36 heavy (non-hydrogen) atoms. The van der Waals surface area contributed by atoms with Crippen LogP contribution in [0.15, 0.2) is 42.5 Å². The molecule has 0 saturated heterocycles. The van der Waals surface area contributed by atoms with Crippen molar-refractivity contribution in [2.75, 3.05) is 33.5 Å². The molecule has 0 amide bonds. The zero-order chi connectivity index (χ0) is 25.6. The molecule has 2 aromatic carbocycles. The number of aryl methyl sites for hydroxylation is 2. The smallest absolute Gasteiger partial charge is 0.0487 e. The molecule has 1 saturated carbocycles. The summed E-state index contributed by atoms with van der Waals surface area (Å²) in [7, 11) is 1.80. The SMILES string of the molecule is CCCc1ccc(-c2ccc(C3CCC(CC(CCOC)CCOCCCO)CC3)cc2CC)cc1. The molecular formula is C33H50O3. The fourth-order valence-electron chi connectivity index (χ4n) is 5.97. The second kappa shape index (κ2) is 16.2. The van der Waals surface area contributed by atoms with Gasteiger partial charge in [0.05, 0.1) is 0 Å². The average molecular weight is 495 g/mol. The second-order valence-electron chi connectivity index (χ2n) is 10.8. The van der Waals surface area contributed by atoms with E-state index >= 15 is 0 Å². The van der Waals surface area contributed by atoms with Crippen molar-refractivity contribution < 1.29 is 14.6 Å². The van der Waals surface area contributed by atoms with E-state index in [9.17, 15) is 0 Å². The Bertz CT molecular complexity index is 852. The Morgan fingerprint density at radius 2 is 1.67 bits per heavy atom. The predicted octanol–water partition coefficient (Wildman–Crippen LogP) is 7.97. The summed E-state index contributed by atoms with van der Waals surface area (Å²) in [5.41, 5.74) is 7.22. The number of aliphatic hydroxyl groups excluding tert-OH is 1. The number of rotatable bonds is 16. The van der Waals surface area contributed by atoms with Gasteiger partial charge in [-0.1, -0.05) is 62.7 Å². The lowest BCUT2D eigenvalue weighted by atomic mass is 9.74. The predicted molar refractivity (Wildman–Crippen MR) is 152 cm³/mol. The maximum Gasteiger partial charge on any atom is 0.0487 e. The zero-order valence-corrected chi connectivity index (χ0v) is 23.1. The summed E-state index contributed by atoms with van der Waals surface area (Å²) in [6.07, 6.45) is 13.0. The molecule has 0 aromatic heterocycles. The highest BCUT2D eigenvalue weighted by Gasteiger charge is 2.25. The van der Waals surface area contributed by atoms with Gasteiger partial charge in [-0.3, -0.25) is 0 Å². The minimum absolute atomic E-state index is 0.213. The van der Waals surface area contributed by atoms with Crippen LogP contribution in [0.3, 0.4) is 0 Å². The van der Waals surface area contributed by atoms with Crippen LogP contribution in [0, 0.1) is 11.8 Å². The number of hydrogen-bond acceptors (Lipinski definition) is 3. The van der Waals surface area contributed by atoms with Crippen molar-refractivity contribution in [2.45, 2.75) is 90.4 Å². The summed E-state index contributed by atoms with van der Waals surface area (Å²) in [5.74, 6) is 2.20. The first kappa shape index (κ1) is 28.9. The standard InChI is InChI=1S/C33H50O3/c1-4-7-26-8-14-31(15-9-26)33-17-16-32(25-29(33)5-2)30-12-10-27(11-13-30)24-28(18-22-35-3)19-23-36-21-6-20-34/h8-9,14-17,25,27-28,30,34H,4-7,10-13,18-24H2,1-3H3. The molecule has 2 aromatic rings. The Hall–Kier alpha value is -1.68. The summed E-state index contributed by atoms with van der Waals surface area (Å²) >= 11 is 0. The van der Waals surface area contributed by atoms with Gasteiger partial charge >= 0.3 is 0 Å². The largest absolute Gasteiger partial charge is 0.396 e. The summed E-state index contributed by atoms with van der Waals surface area (Å²) in [6.45, 7) is 7.05. The minimum atomic E-state index is 0.213. The van der Waals surface area contributed by atoms with Crippen molar-refractivity contribution in [1.29, 1.82) is 0 Å². The van der Waals surface area contributed by atoms with Crippen LogP contribution in [0.5, 0.6) is 0 Å². The summed E-state index contributed by atoms with van der Waals surface area (Å²) in [5, 5.41) is 8.93. The molecule has 1 unspecified atom stereocenters. The molecular weight excluding hydrogens is 444 g/mol. The first-order valence-electron chi connectivity index (χ1n) is 14.6. The molecule has 1 fully saturated rings. The average Bonchev–Trinajstić information content (AvgIpc) is 2.92. The van der Waals surface area contributed by atoms with E-state index in [2.05, 4.69) is 56.3 Å². The number of aliphatic hydroxyl groups is 1. The summed E-state index contributed by atoms with van der Waals surface area (Å²) in [4.78, 5) is 0. The van der Waals surface area contributed by atoms with Gasteiger partial charge in [-0.2, -0.15) is 0 Å². The van der Waals surface area contributed by atoms with E-state index in [0.717, 1.165) is 51.2 Å². The van der Waals surface area contributed by atoms with Crippen molar-refractivity contribution in [1.82, 2.24) is 0 Å². The summed E-state index contributed by atoms with van der Waals surface area (Å²) in [6, 6.07) is 16.5. The van der Waals surface area contributed by atoms with Gasteiger partial charge in [0.15, 0.2) is 0 Å². The van der Waals surface area contributed by atoms with E-state index in [1.54, 1.807) is 12.7 Å². The third-order valence-corrected chi connectivity index (χ3v) is 8.15. The molecule has 1 aliphatic rings. The molecule has 3 rings (SSSR count). The van der Waals surface area contributed by atoms with E-state index in [4.69, 9.17) is 14.6 Å². The Morgan fingerprint density at radius 1 is 0.917 bits per heavy atom.